The Kier molecular flexibility index (Phi) is 3.81. The van der Waals surface area contributed by atoms with E-state index >= 15 is 0 Å². The first-order valence-corrected chi connectivity index (χ1v) is 6.24. The molecule has 2 rings (SSSR count). The summed E-state index contributed by atoms with van der Waals surface area (Å²) < 4.78 is 6.79. The number of nitrogen functional groups attached to an aromatic ring is 1. The molecular weight excluding hydrogens is 230 g/mol. The number of hydrogen-bond donors (Lipinski definition) is 2. The molecule has 1 aromatic rings. The number of pyridine rings is 1. The predicted octanol–water partition coefficient (Wildman–Crippen LogP) is 0.658. The molecule has 1 aliphatic carbocycles. The van der Waals surface area contributed by atoms with Crippen LogP contribution in [-0.2, 0) is 24.1 Å². The molecule has 98 valence electrons. The number of nitrogens with two attached hydrogens (primary N) is 1. The van der Waals surface area contributed by atoms with Crippen molar-refractivity contribution in [1.82, 2.24) is 4.57 Å². The lowest BCUT2D eigenvalue weighted by Gasteiger charge is -2.14. The number of hydrogen-bond acceptors (Lipinski definition) is 3. The van der Waals surface area contributed by atoms with E-state index < -0.39 is 0 Å². The summed E-state index contributed by atoms with van der Waals surface area (Å²) in [7, 11) is 1.65. The Morgan fingerprint density at radius 1 is 1.56 bits per heavy atom. The third-order valence-electron chi connectivity index (χ3n) is 3.37. The Balaban J connectivity index is 2.42. The molecule has 0 aliphatic heterocycles. The number of rotatable bonds is 5. The summed E-state index contributed by atoms with van der Waals surface area (Å²) in [5.41, 5.74) is 7.94. The minimum absolute atomic E-state index is 0.140. The van der Waals surface area contributed by atoms with E-state index in [1.165, 1.54) is 0 Å². The molecule has 0 atom stereocenters. The van der Waals surface area contributed by atoms with Gasteiger partial charge in [-0.3, -0.25) is 10.2 Å². The molecule has 5 heteroatoms. The van der Waals surface area contributed by atoms with Gasteiger partial charge in [0.05, 0.1) is 5.56 Å². The van der Waals surface area contributed by atoms with Crippen LogP contribution in [0.2, 0.25) is 0 Å². The molecule has 18 heavy (non-hydrogen) atoms. The lowest BCUT2D eigenvalue weighted by atomic mass is 10.1. The molecule has 1 aromatic heterocycles. The van der Waals surface area contributed by atoms with E-state index in [-0.39, 0.29) is 11.4 Å². The minimum Gasteiger partial charge on any atom is -0.385 e. The van der Waals surface area contributed by atoms with E-state index in [2.05, 4.69) is 0 Å². The van der Waals surface area contributed by atoms with E-state index in [0.717, 1.165) is 36.9 Å². The van der Waals surface area contributed by atoms with Crippen LogP contribution in [0, 0.1) is 5.41 Å². The van der Waals surface area contributed by atoms with Crippen LogP contribution in [0.5, 0.6) is 0 Å². The van der Waals surface area contributed by atoms with Crippen LogP contribution in [0.15, 0.2) is 10.9 Å². The second-order valence-electron chi connectivity index (χ2n) is 4.60. The third kappa shape index (κ3) is 2.31. The van der Waals surface area contributed by atoms with Crippen molar-refractivity contribution >= 4 is 5.84 Å². The quantitative estimate of drug-likeness (QED) is 0.457. The fourth-order valence-electron chi connectivity index (χ4n) is 2.52. The fourth-order valence-corrected chi connectivity index (χ4v) is 2.52. The number of nitrogens with one attached hydrogen (secondary N) is 1. The zero-order chi connectivity index (χ0) is 13.1. The zero-order valence-electron chi connectivity index (χ0n) is 10.7. The van der Waals surface area contributed by atoms with E-state index in [4.69, 9.17) is 15.9 Å². The van der Waals surface area contributed by atoms with Crippen LogP contribution in [0.3, 0.4) is 0 Å². The molecule has 1 aliphatic rings. The maximum Gasteiger partial charge on any atom is 0.261 e. The Hall–Kier alpha value is -1.62. The van der Waals surface area contributed by atoms with Crippen molar-refractivity contribution in [3.05, 3.63) is 33.2 Å². The summed E-state index contributed by atoms with van der Waals surface area (Å²) in [5.74, 6) is -0.143. The molecule has 0 aromatic carbocycles. The van der Waals surface area contributed by atoms with Crippen LogP contribution >= 0.6 is 0 Å². The summed E-state index contributed by atoms with van der Waals surface area (Å²) in [6, 6.07) is 1.79. The molecule has 0 saturated carbocycles. The van der Waals surface area contributed by atoms with Crippen molar-refractivity contribution in [2.75, 3.05) is 13.7 Å². The van der Waals surface area contributed by atoms with Gasteiger partial charge in [0.15, 0.2) is 0 Å². The lowest BCUT2D eigenvalue weighted by Crippen LogP contribution is -2.32. The first-order valence-electron chi connectivity index (χ1n) is 6.24. The highest BCUT2D eigenvalue weighted by atomic mass is 16.5. The fraction of sp³-hybridized carbons (Fsp3) is 0.538. The molecule has 0 unspecified atom stereocenters. The molecule has 3 N–H and O–H groups in total. The smallest absolute Gasteiger partial charge is 0.261 e. The molecule has 0 amide bonds. The summed E-state index contributed by atoms with van der Waals surface area (Å²) in [4.78, 5) is 12.3. The monoisotopic (exact) mass is 249 g/mol. The molecule has 0 bridgehead atoms. The maximum absolute atomic E-state index is 12.3. The van der Waals surface area contributed by atoms with Crippen molar-refractivity contribution < 1.29 is 4.74 Å². The van der Waals surface area contributed by atoms with Crippen molar-refractivity contribution in [1.29, 1.82) is 5.41 Å². The van der Waals surface area contributed by atoms with Gasteiger partial charge < -0.3 is 15.0 Å². The van der Waals surface area contributed by atoms with Gasteiger partial charge in [-0.1, -0.05) is 0 Å². The SMILES string of the molecule is COCCCn1c2c(cc(C(=N)N)c1=O)CCC2. The number of methoxy groups -OCH3 is 1. The maximum atomic E-state index is 12.3. The highest BCUT2D eigenvalue weighted by molar-refractivity contribution is 5.94. The van der Waals surface area contributed by atoms with Crippen molar-refractivity contribution in [3.63, 3.8) is 0 Å². The number of fused-ring (bicyclic) bond motifs is 1. The average Bonchev–Trinajstić information content (AvgIpc) is 2.79. The van der Waals surface area contributed by atoms with Gasteiger partial charge in [0.25, 0.3) is 5.56 Å². The van der Waals surface area contributed by atoms with E-state index in [0.29, 0.717) is 18.7 Å². The standard InChI is InChI=1S/C13H19N3O2/c1-18-7-3-6-16-11-5-2-4-9(11)8-10(12(14)15)13(16)17/h8H,2-7H2,1H3,(H3,14,15). The topological polar surface area (TPSA) is 81.1 Å². The van der Waals surface area contributed by atoms with Crippen molar-refractivity contribution in [2.45, 2.75) is 32.2 Å². The molecule has 0 spiro atoms. The van der Waals surface area contributed by atoms with Gasteiger partial charge in [-0.15, -0.1) is 0 Å². The Morgan fingerprint density at radius 3 is 3.00 bits per heavy atom. The summed E-state index contributed by atoms with van der Waals surface area (Å²) in [6.45, 7) is 1.27. The number of nitrogens with zero attached hydrogens (tertiary/aromatic N) is 1. The number of aryl methyl sites for hydroxylation is 1. The predicted molar refractivity (Wildman–Crippen MR) is 70.2 cm³/mol. The van der Waals surface area contributed by atoms with Gasteiger partial charge in [0.2, 0.25) is 0 Å². The number of amidine groups is 1. The first-order chi connectivity index (χ1) is 8.65. The highest BCUT2D eigenvalue weighted by Crippen LogP contribution is 2.21. The average molecular weight is 249 g/mol. The van der Waals surface area contributed by atoms with Gasteiger partial charge in [-0.2, -0.15) is 0 Å². The van der Waals surface area contributed by atoms with Crippen LogP contribution in [0.25, 0.3) is 0 Å². The van der Waals surface area contributed by atoms with E-state index in [9.17, 15) is 4.79 Å². The van der Waals surface area contributed by atoms with Gasteiger partial charge >= 0.3 is 0 Å². The van der Waals surface area contributed by atoms with Crippen LogP contribution in [0.4, 0.5) is 0 Å². The zero-order valence-corrected chi connectivity index (χ0v) is 10.7. The first kappa shape index (κ1) is 12.8. The molecular formula is C13H19N3O2. The second-order valence-corrected chi connectivity index (χ2v) is 4.60. The molecule has 5 nitrogen and oxygen atoms in total. The van der Waals surface area contributed by atoms with Crippen molar-refractivity contribution in [2.24, 2.45) is 5.73 Å². The Morgan fingerprint density at radius 2 is 2.33 bits per heavy atom. The molecule has 1 heterocycles. The van der Waals surface area contributed by atoms with Crippen LogP contribution < -0.4 is 11.3 Å². The lowest BCUT2D eigenvalue weighted by molar-refractivity contribution is 0.189. The van der Waals surface area contributed by atoms with Crippen LogP contribution in [-0.4, -0.2) is 24.1 Å². The van der Waals surface area contributed by atoms with Gasteiger partial charge in [-0.05, 0) is 37.3 Å². The van der Waals surface area contributed by atoms with Gasteiger partial charge in [0, 0.05) is 26.0 Å². The second kappa shape index (κ2) is 5.35. The number of ether oxygens (including phenoxy) is 1. The largest absolute Gasteiger partial charge is 0.385 e. The van der Waals surface area contributed by atoms with Gasteiger partial charge in [-0.25, -0.2) is 0 Å². The van der Waals surface area contributed by atoms with Gasteiger partial charge in [0.1, 0.15) is 5.84 Å². The summed E-state index contributed by atoms with van der Waals surface area (Å²) >= 11 is 0. The normalized spacial score (nSPS) is 13.6. The van der Waals surface area contributed by atoms with Crippen LogP contribution in [0.1, 0.15) is 29.7 Å². The molecule has 0 fully saturated rings. The van der Waals surface area contributed by atoms with E-state index in [1.54, 1.807) is 17.7 Å². The third-order valence-corrected chi connectivity index (χ3v) is 3.37. The summed E-state index contributed by atoms with van der Waals surface area (Å²) in [5, 5.41) is 7.49. The molecule has 0 radical (unpaired) electrons. The Labute approximate surface area is 106 Å². The summed E-state index contributed by atoms with van der Waals surface area (Å²) in [6.07, 6.45) is 3.78. The number of aromatic nitrogens is 1. The highest BCUT2D eigenvalue weighted by Gasteiger charge is 2.19. The molecule has 0 saturated heterocycles. The van der Waals surface area contributed by atoms with Crippen molar-refractivity contribution in [3.8, 4) is 0 Å². The minimum atomic E-state index is -0.143. The van der Waals surface area contributed by atoms with E-state index in [1.807, 2.05) is 0 Å². The Bertz CT molecular complexity index is 520.